The van der Waals surface area contributed by atoms with Gasteiger partial charge in [0.15, 0.2) is 0 Å². The molecule has 0 aromatic carbocycles. The zero-order valence-corrected chi connectivity index (χ0v) is 12.7. The maximum absolute atomic E-state index is 12.8. The molecule has 0 aromatic heterocycles. The van der Waals surface area contributed by atoms with Gasteiger partial charge in [0, 0.05) is 5.92 Å². The van der Waals surface area contributed by atoms with Crippen LogP contribution in [-0.2, 0) is 0 Å². The van der Waals surface area contributed by atoms with Crippen LogP contribution in [-0.4, -0.2) is 6.18 Å². The molecule has 0 saturated heterocycles. The van der Waals surface area contributed by atoms with E-state index in [0.717, 1.165) is 23.1 Å². The number of hydrogen-bond donors (Lipinski definition) is 0. The van der Waals surface area contributed by atoms with Crippen LogP contribution >= 0.6 is 0 Å². The molecule has 110 valence electrons. The summed E-state index contributed by atoms with van der Waals surface area (Å²) in [7, 11) is 0. The smallest absolute Gasteiger partial charge is 0.166 e. The van der Waals surface area contributed by atoms with Crippen molar-refractivity contribution in [1.29, 1.82) is 0 Å². The molecule has 0 fully saturated rings. The molecule has 1 atom stereocenters. The Bertz CT molecular complexity index is 546. The number of alkyl halides is 3. The van der Waals surface area contributed by atoms with Crippen molar-refractivity contribution in [3.63, 3.8) is 0 Å². The quantitative estimate of drug-likeness (QED) is 0.575. The third-order valence-electron chi connectivity index (χ3n) is 3.86. The molecule has 0 N–H and O–H groups in total. The van der Waals surface area contributed by atoms with Gasteiger partial charge in [-0.3, -0.25) is 0 Å². The van der Waals surface area contributed by atoms with Gasteiger partial charge in [0.05, 0.1) is 5.57 Å². The first-order valence-electron chi connectivity index (χ1n) is 6.88. The monoisotopic (exact) mass is 282 g/mol. The summed E-state index contributed by atoms with van der Waals surface area (Å²) in [5, 5.41) is 0. The van der Waals surface area contributed by atoms with E-state index in [4.69, 9.17) is 0 Å². The van der Waals surface area contributed by atoms with Gasteiger partial charge < -0.3 is 0 Å². The first kappa shape index (κ1) is 15.1. The largest absolute Gasteiger partial charge is 0.416 e. The summed E-state index contributed by atoms with van der Waals surface area (Å²) < 4.78 is 38.5. The highest BCUT2D eigenvalue weighted by molar-refractivity contribution is 5.56. The first-order chi connectivity index (χ1) is 8.99. The summed E-state index contributed by atoms with van der Waals surface area (Å²) in [4.78, 5) is 0. The molecular weight excluding hydrogens is 261 g/mol. The van der Waals surface area contributed by atoms with E-state index >= 15 is 0 Å². The minimum absolute atomic E-state index is 0.127. The molecule has 1 unspecified atom stereocenters. The lowest BCUT2D eigenvalue weighted by atomic mass is 9.76. The van der Waals surface area contributed by atoms with E-state index in [1.807, 2.05) is 19.9 Å². The molecule has 0 saturated carbocycles. The molecule has 0 amide bonds. The second-order valence-corrected chi connectivity index (χ2v) is 6.97. The highest BCUT2D eigenvalue weighted by atomic mass is 19.4. The highest BCUT2D eigenvalue weighted by Gasteiger charge is 2.38. The topological polar surface area (TPSA) is 0 Å². The van der Waals surface area contributed by atoms with E-state index < -0.39 is 11.7 Å². The van der Waals surface area contributed by atoms with Crippen LogP contribution in [0.5, 0.6) is 0 Å². The Morgan fingerprint density at radius 2 is 1.65 bits per heavy atom. The Morgan fingerprint density at radius 3 is 2.15 bits per heavy atom. The van der Waals surface area contributed by atoms with Crippen LogP contribution in [0.1, 0.15) is 41.0 Å². The van der Waals surface area contributed by atoms with Gasteiger partial charge in [-0.05, 0) is 48.5 Å². The fourth-order valence-corrected chi connectivity index (χ4v) is 2.92. The minimum Gasteiger partial charge on any atom is -0.166 e. The fourth-order valence-electron chi connectivity index (χ4n) is 2.92. The number of fused-ring (bicyclic) bond motifs is 1. The number of hydrogen-bond acceptors (Lipinski definition) is 0. The minimum atomic E-state index is -4.25. The van der Waals surface area contributed by atoms with Crippen molar-refractivity contribution in [3.8, 4) is 0 Å². The van der Waals surface area contributed by atoms with Crippen molar-refractivity contribution in [2.24, 2.45) is 11.3 Å². The van der Waals surface area contributed by atoms with Gasteiger partial charge in [0.25, 0.3) is 0 Å². The molecule has 0 nitrogen and oxygen atoms in total. The molecule has 0 spiro atoms. The molecule has 0 aliphatic heterocycles. The number of rotatable bonds is 1. The third-order valence-corrected chi connectivity index (χ3v) is 3.86. The molecule has 2 rings (SSSR count). The van der Waals surface area contributed by atoms with Crippen molar-refractivity contribution >= 4 is 0 Å². The van der Waals surface area contributed by atoms with Crippen LogP contribution in [0.3, 0.4) is 0 Å². The summed E-state index contributed by atoms with van der Waals surface area (Å²) in [6.07, 6.45) is 1.19. The average molecular weight is 282 g/mol. The second kappa shape index (κ2) is 4.64. The van der Waals surface area contributed by atoms with E-state index in [1.165, 1.54) is 17.7 Å². The second-order valence-electron chi connectivity index (χ2n) is 6.97. The van der Waals surface area contributed by atoms with Crippen LogP contribution in [0, 0.1) is 11.3 Å². The van der Waals surface area contributed by atoms with Crippen molar-refractivity contribution in [1.82, 2.24) is 0 Å². The van der Waals surface area contributed by atoms with Gasteiger partial charge in [0.2, 0.25) is 0 Å². The summed E-state index contributed by atoms with van der Waals surface area (Å²) in [5.74, 6) is -0.201. The van der Waals surface area contributed by atoms with E-state index in [2.05, 4.69) is 20.8 Å². The Hall–Kier alpha value is -1.25. The van der Waals surface area contributed by atoms with Crippen LogP contribution in [0.15, 0.2) is 46.1 Å². The predicted molar refractivity (Wildman–Crippen MR) is 76.2 cm³/mol. The molecule has 3 heteroatoms. The SMILES string of the molecule is CC1=CC2=CC(C(F)(F)F)=CC2C(C)=C1CC(C)(C)C. The highest BCUT2D eigenvalue weighted by Crippen LogP contribution is 2.45. The zero-order chi connectivity index (χ0) is 15.3. The third kappa shape index (κ3) is 2.92. The van der Waals surface area contributed by atoms with Gasteiger partial charge in [-0.1, -0.05) is 38.5 Å². The lowest BCUT2D eigenvalue weighted by molar-refractivity contribution is -0.0881. The van der Waals surface area contributed by atoms with Crippen molar-refractivity contribution in [2.75, 3.05) is 0 Å². The normalized spacial score (nSPS) is 23.4. The summed E-state index contributed by atoms with van der Waals surface area (Å²) in [5.41, 5.74) is 3.74. The number of halogens is 3. The van der Waals surface area contributed by atoms with E-state index in [9.17, 15) is 13.2 Å². The fraction of sp³-hybridized carbons (Fsp3) is 0.529. The van der Waals surface area contributed by atoms with Crippen molar-refractivity contribution in [2.45, 2.75) is 47.2 Å². The number of allylic oxidation sites excluding steroid dienone is 8. The lowest BCUT2D eigenvalue weighted by Gasteiger charge is -2.29. The molecule has 0 bridgehead atoms. The van der Waals surface area contributed by atoms with E-state index in [1.54, 1.807) is 0 Å². The first-order valence-corrected chi connectivity index (χ1v) is 6.88. The van der Waals surface area contributed by atoms with Crippen LogP contribution in [0.4, 0.5) is 13.2 Å². The van der Waals surface area contributed by atoms with Gasteiger partial charge >= 0.3 is 6.18 Å². The van der Waals surface area contributed by atoms with Crippen molar-refractivity contribution in [3.05, 3.63) is 46.1 Å². The summed E-state index contributed by atoms with van der Waals surface area (Å²) >= 11 is 0. The Labute approximate surface area is 118 Å². The van der Waals surface area contributed by atoms with E-state index in [-0.39, 0.29) is 11.3 Å². The van der Waals surface area contributed by atoms with E-state index in [0.29, 0.717) is 0 Å². The Kier molecular flexibility index (Phi) is 3.52. The van der Waals surface area contributed by atoms with Gasteiger partial charge in [-0.2, -0.15) is 13.2 Å². The van der Waals surface area contributed by atoms with Crippen LogP contribution < -0.4 is 0 Å². The summed E-state index contributed by atoms with van der Waals surface area (Å²) in [6.45, 7) is 10.4. The zero-order valence-electron chi connectivity index (χ0n) is 12.7. The molecular formula is C17H21F3. The van der Waals surface area contributed by atoms with Crippen molar-refractivity contribution < 1.29 is 13.2 Å². The lowest BCUT2D eigenvalue weighted by Crippen LogP contribution is -2.14. The summed E-state index contributed by atoms with van der Waals surface area (Å²) in [6, 6.07) is 0. The Balaban J connectivity index is 2.41. The predicted octanol–water partition coefficient (Wildman–Crippen LogP) is 5.74. The average Bonchev–Trinajstić information content (AvgIpc) is 2.66. The van der Waals surface area contributed by atoms with Gasteiger partial charge in [-0.15, -0.1) is 0 Å². The Morgan fingerprint density at radius 1 is 1.05 bits per heavy atom. The maximum atomic E-state index is 12.8. The van der Waals surface area contributed by atoms with Gasteiger partial charge in [-0.25, -0.2) is 0 Å². The molecule has 0 radical (unpaired) electrons. The van der Waals surface area contributed by atoms with Crippen LogP contribution in [0.2, 0.25) is 0 Å². The molecule has 2 aliphatic rings. The molecule has 20 heavy (non-hydrogen) atoms. The standard InChI is InChI=1S/C17H21F3/c1-10-6-12-7-13(17(18,19)20)8-14(12)11(2)15(10)9-16(3,4)5/h6-8,14H,9H2,1-5H3. The molecule has 0 heterocycles. The maximum Gasteiger partial charge on any atom is 0.416 e. The molecule has 0 aromatic rings. The van der Waals surface area contributed by atoms with Crippen LogP contribution in [0.25, 0.3) is 0 Å². The molecule has 2 aliphatic carbocycles. The van der Waals surface area contributed by atoms with Gasteiger partial charge in [0.1, 0.15) is 0 Å².